The normalized spacial score (nSPS) is 46.1. The van der Waals surface area contributed by atoms with Crippen molar-refractivity contribution in [1.29, 1.82) is 0 Å². The number of carbonyl (C=O) groups is 3. The molecule has 2 saturated heterocycles. The largest absolute Gasteiger partial charge is 0.462 e. The lowest BCUT2D eigenvalue weighted by Crippen LogP contribution is -2.66. The lowest BCUT2D eigenvalue weighted by atomic mass is 9.51. The number of aliphatic hydroxyl groups excluding tert-OH is 1. The second kappa shape index (κ2) is 8.97. The van der Waals surface area contributed by atoms with Crippen LogP contribution < -0.4 is 0 Å². The molecule has 7 atom stereocenters. The van der Waals surface area contributed by atoms with Crippen molar-refractivity contribution in [3.05, 3.63) is 47.6 Å². The van der Waals surface area contributed by atoms with Crippen molar-refractivity contribution in [3.8, 4) is 0 Å². The van der Waals surface area contributed by atoms with Crippen molar-refractivity contribution in [2.45, 2.75) is 70.1 Å². The van der Waals surface area contributed by atoms with Crippen molar-refractivity contribution in [3.63, 3.8) is 0 Å². The van der Waals surface area contributed by atoms with Crippen LogP contribution >= 0.6 is 0 Å². The third-order valence-corrected chi connectivity index (χ3v) is 8.65. The highest BCUT2D eigenvalue weighted by Crippen LogP contribution is 2.72. The zero-order chi connectivity index (χ0) is 25.7. The number of allylic oxidation sites excluding steroid dienone is 3. The molecular formula is C27H32O9. The van der Waals surface area contributed by atoms with Crippen LogP contribution in [0.4, 0.5) is 0 Å². The van der Waals surface area contributed by atoms with Crippen molar-refractivity contribution in [2.75, 3.05) is 19.8 Å². The van der Waals surface area contributed by atoms with E-state index >= 15 is 0 Å². The molecule has 2 aliphatic carbocycles. The summed E-state index contributed by atoms with van der Waals surface area (Å²) in [7, 11) is 0. The van der Waals surface area contributed by atoms with Crippen molar-refractivity contribution in [1.82, 2.24) is 0 Å². The Morgan fingerprint density at radius 1 is 0.917 bits per heavy atom. The molecule has 5 aliphatic rings. The molecule has 3 fully saturated rings. The van der Waals surface area contributed by atoms with Crippen LogP contribution in [0.2, 0.25) is 0 Å². The molecule has 1 N–H and O–H groups in total. The number of hydrogen-bond acceptors (Lipinski definition) is 9. The Balaban J connectivity index is 1.57. The van der Waals surface area contributed by atoms with E-state index in [0.717, 1.165) is 12.0 Å². The predicted octanol–water partition coefficient (Wildman–Crippen LogP) is 2.09. The minimum Gasteiger partial charge on any atom is -0.462 e. The summed E-state index contributed by atoms with van der Waals surface area (Å²) in [6.45, 7) is 6.21. The number of rotatable bonds is 0. The summed E-state index contributed by atoms with van der Waals surface area (Å²) in [5.41, 5.74) is -0.668. The first-order valence-electron chi connectivity index (χ1n) is 12.3. The van der Waals surface area contributed by atoms with E-state index < -0.39 is 58.8 Å². The first-order valence-corrected chi connectivity index (χ1v) is 12.3. The van der Waals surface area contributed by atoms with E-state index in [1.165, 1.54) is 30.4 Å². The Hall–Kier alpha value is -2.75. The Bertz CT molecular complexity index is 1080. The van der Waals surface area contributed by atoms with E-state index in [1.807, 2.05) is 19.9 Å². The molecule has 1 saturated carbocycles. The smallest absolute Gasteiger partial charge is 0.331 e. The first-order chi connectivity index (χ1) is 17.1. The maximum Gasteiger partial charge on any atom is 0.331 e. The van der Waals surface area contributed by atoms with Gasteiger partial charge in [0.1, 0.15) is 30.5 Å². The molecule has 9 heteroatoms. The van der Waals surface area contributed by atoms with Crippen LogP contribution in [0.15, 0.2) is 47.6 Å². The molecule has 0 aromatic rings. The zero-order valence-corrected chi connectivity index (χ0v) is 20.7. The number of esters is 3. The summed E-state index contributed by atoms with van der Waals surface area (Å²) in [6, 6.07) is 0. The number of ether oxygens (including phenoxy) is 5. The molecule has 194 valence electrons. The van der Waals surface area contributed by atoms with E-state index in [-0.39, 0.29) is 13.2 Å². The molecule has 0 amide bonds. The third kappa shape index (κ3) is 3.76. The van der Waals surface area contributed by atoms with Gasteiger partial charge in [-0.15, -0.1) is 0 Å². The molecule has 0 unspecified atom stereocenters. The van der Waals surface area contributed by atoms with E-state index in [9.17, 15) is 19.5 Å². The lowest BCUT2D eigenvalue weighted by Gasteiger charge is -2.58. The minimum absolute atomic E-state index is 0.00667. The summed E-state index contributed by atoms with van der Waals surface area (Å²) in [4.78, 5) is 37.4. The Morgan fingerprint density at radius 2 is 1.64 bits per heavy atom. The quantitative estimate of drug-likeness (QED) is 0.231. The fourth-order valence-corrected chi connectivity index (χ4v) is 6.50. The second-order valence-corrected chi connectivity index (χ2v) is 10.6. The maximum atomic E-state index is 12.8. The highest BCUT2D eigenvalue weighted by molar-refractivity contribution is 5.85. The van der Waals surface area contributed by atoms with Crippen LogP contribution in [0.25, 0.3) is 0 Å². The lowest BCUT2D eigenvalue weighted by molar-refractivity contribution is -0.232. The van der Waals surface area contributed by atoms with Gasteiger partial charge in [0, 0.05) is 30.1 Å². The number of cyclic esters (lactones) is 2. The summed E-state index contributed by atoms with van der Waals surface area (Å²) in [6.07, 6.45) is 7.09. The van der Waals surface area contributed by atoms with Gasteiger partial charge in [-0.1, -0.05) is 36.3 Å². The molecular weight excluding hydrogens is 468 g/mol. The molecule has 36 heavy (non-hydrogen) atoms. The van der Waals surface area contributed by atoms with Gasteiger partial charge < -0.3 is 28.8 Å². The van der Waals surface area contributed by atoms with Gasteiger partial charge >= 0.3 is 17.9 Å². The molecule has 0 aromatic carbocycles. The number of carbonyl (C=O) groups excluding carboxylic acids is 3. The molecule has 0 radical (unpaired) electrons. The van der Waals surface area contributed by atoms with Gasteiger partial charge in [0.15, 0.2) is 0 Å². The Morgan fingerprint density at radius 3 is 2.36 bits per heavy atom. The predicted molar refractivity (Wildman–Crippen MR) is 125 cm³/mol. The standard InChI is InChI=1S/C27H32O9/c1-16-8-10-26-14-33-21(30)13-17(2)9-11-32-19(28)6-4-5-7-20(29)36-23-22(31)24(35-18(26)12-16)27(15-34-27)25(23,26)3/h4-7,12-13,18,22-24,31H,8-11,14-15H2,1-3H3/b6-4-,7-5-,17-13-/t18-,22+,23-,24-,25-,26-,27-/m1/s1. The number of hydrogen-bond donors (Lipinski definition) is 1. The summed E-state index contributed by atoms with van der Waals surface area (Å²) in [5.74, 6) is -1.77. The van der Waals surface area contributed by atoms with Gasteiger partial charge in [0.05, 0.1) is 24.7 Å². The van der Waals surface area contributed by atoms with Gasteiger partial charge in [0.25, 0.3) is 0 Å². The average molecular weight is 501 g/mol. The van der Waals surface area contributed by atoms with E-state index in [2.05, 4.69) is 0 Å². The SMILES string of the molecule is CC1=C[C@H]2O[C@@H]3[C@@H](O)[C@H]4OC(=O)/C=C\C=C/C(=O)OCC/C(C)=C\C(=O)OC[C@@]2(CC1)[C@]4(C)[C@@]31CO1. The number of aliphatic hydroxyl groups is 1. The topological polar surface area (TPSA) is 121 Å². The molecule has 0 aromatic heterocycles. The number of epoxide rings is 1. The zero-order valence-electron chi connectivity index (χ0n) is 20.7. The van der Waals surface area contributed by atoms with E-state index in [4.69, 9.17) is 23.7 Å². The fraction of sp³-hybridized carbons (Fsp3) is 0.593. The highest BCUT2D eigenvalue weighted by Gasteiger charge is 2.85. The van der Waals surface area contributed by atoms with E-state index in [0.29, 0.717) is 25.0 Å². The molecule has 2 bridgehead atoms. The second-order valence-electron chi connectivity index (χ2n) is 10.6. The van der Waals surface area contributed by atoms with Crippen LogP contribution in [0.5, 0.6) is 0 Å². The van der Waals surface area contributed by atoms with Gasteiger partial charge in [-0.3, -0.25) is 0 Å². The molecule has 3 aliphatic heterocycles. The van der Waals surface area contributed by atoms with Crippen molar-refractivity contribution in [2.24, 2.45) is 10.8 Å². The monoisotopic (exact) mass is 500 g/mol. The van der Waals surface area contributed by atoms with Gasteiger partial charge in [-0.2, -0.15) is 0 Å². The van der Waals surface area contributed by atoms with Crippen LogP contribution in [-0.2, 0) is 38.1 Å². The van der Waals surface area contributed by atoms with Crippen molar-refractivity contribution < 1.29 is 43.2 Å². The highest BCUT2D eigenvalue weighted by atomic mass is 16.7. The van der Waals surface area contributed by atoms with Crippen LogP contribution in [-0.4, -0.2) is 72.9 Å². The third-order valence-electron chi connectivity index (χ3n) is 8.65. The Kier molecular flexibility index (Phi) is 6.21. The first kappa shape index (κ1) is 24.9. The molecule has 2 spiro atoms. The summed E-state index contributed by atoms with van der Waals surface area (Å²) < 4.78 is 29.3. The van der Waals surface area contributed by atoms with Crippen molar-refractivity contribution >= 4 is 17.9 Å². The molecule has 9 nitrogen and oxygen atoms in total. The average Bonchev–Trinajstić information content (AvgIpc) is 3.61. The fourth-order valence-electron chi connectivity index (χ4n) is 6.50. The van der Waals surface area contributed by atoms with Gasteiger partial charge in [0.2, 0.25) is 0 Å². The minimum atomic E-state index is -1.13. The van der Waals surface area contributed by atoms with E-state index in [1.54, 1.807) is 6.92 Å². The van der Waals surface area contributed by atoms with Crippen LogP contribution in [0.1, 0.15) is 40.0 Å². The molecule has 5 rings (SSSR count). The van der Waals surface area contributed by atoms with Gasteiger partial charge in [-0.25, -0.2) is 14.4 Å². The maximum absolute atomic E-state index is 12.8. The van der Waals surface area contributed by atoms with Crippen LogP contribution in [0.3, 0.4) is 0 Å². The summed E-state index contributed by atoms with van der Waals surface area (Å²) in [5, 5.41) is 11.3. The molecule has 3 heterocycles. The summed E-state index contributed by atoms with van der Waals surface area (Å²) >= 11 is 0. The van der Waals surface area contributed by atoms with Crippen LogP contribution in [0, 0.1) is 10.8 Å². The van der Waals surface area contributed by atoms with Gasteiger partial charge in [-0.05, 0) is 26.7 Å². The Labute approximate surface area is 209 Å².